The van der Waals surface area contributed by atoms with Crippen LogP contribution in [0.5, 0.6) is 0 Å². The number of pyridine rings is 1. The average molecular weight is 356 g/mol. The van der Waals surface area contributed by atoms with E-state index >= 15 is 0 Å². The second-order valence-corrected chi connectivity index (χ2v) is 7.14. The van der Waals surface area contributed by atoms with Gasteiger partial charge in [-0.3, -0.25) is 4.90 Å². The van der Waals surface area contributed by atoms with Crippen molar-refractivity contribution in [3.05, 3.63) is 53.0 Å². The molecule has 2 aromatic rings. The van der Waals surface area contributed by atoms with Crippen LogP contribution in [0.25, 0.3) is 0 Å². The Morgan fingerprint density at radius 1 is 1.19 bits per heavy atom. The summed E-state index contributed by atoms with van der Waals surface area (Å²) in [4.78, 5) is 6.71. The zero-order chi connectivity index (χ0) is 18.4. The standard InChI is InChI=1S/C21H29FN4/c1-2-3-8-24-18-13-19(25-21(23)14-18)11-16-6-7-17(20(22)12-16)15-26-9-4-5-10-26/h6-7,12-14H,2-5,8-11,15H2,1H3,(H3,23,24,25). The Kier molecular flexibility index (Phi) is 6.45. The predicted molar refractivity (Wildman–Crippen MR) is 106 cm³/mol. The molecule has 0 amide bonds. The molecule has 0 aliphatic carbocycles. The minimum absolute atomic E-state index is 0.125. The molecule has 3 N–H and O–H groups in total. The van der Waals surface area contributed by atoms with Gasteiger partial charge in [-0.05, 0) is 50.0 Å². The molecule has 3 rings (SSSR count). The van der Waals surface area contributed by atoms with Gasteiger partial charge in [0.1, 0.15) is 11.6 Å². The Morgan fingerprint density at radius 3 is 2.73 bits per heavy atom. The Bertz CT molecular complexity index is 726. The highest BCUT2D eigenvalue weighted by atomic mass is 19.1. The Hall–Kier alpha value is -2.14. The van der Waals surface area contributed by atoms with Crippen LogP contribution in [0.2, 0.25) is 0 Å². The topological polar surface area (TPSA) is 54.2 Å². The van der Waals surface area contributed by atoms with E-state index in [2.05, 4.69) is 22.1 Å². The second-order valence-electron chi connectivity index (χ2n) is 7.14. The third-order valence-electron chi connectivity index (χ3n) is 4.85. The summed E-state index contributed by atoms with van der Waals surface area (Å²) in [5, 5.41) is 3.37. The van der Waals surface area contributed by atoms with Crippen LogP contribution in [0.1, 0.15) is 49.4 Å². The second kappa shape index (κ2) is 8.99. The molecule has 1 aliphatic rings. The Balaban J connectivity index is 1.67. The van der Waals surface area contributed by atoms with Gasteiger partial charge in [0.2, 0.25) is 0 Å². The summed E-state index contributed by atoms with van der Waals surface area (Å²) < 4.78 is 14.5. The molecule has 1 aliphatic heterocycles. The number of aromatic nitrogens is 1. The fourth-order valence-corrected chi connectivity index (χ4v) is 3.43. The third-order valence-corrected chi connectivity index (χ3v) is 4.85. The van der Waals surface area contributed by atoms with Gasteiger partial charge < -0.3 is 11.1 Å². The van der Waals surface area contributed by atoms with E-state index in [0.29, 0.717) is 18.8 Å². The third kappa shape index (κ3) is 5.18. The summed E-state index contributed by atoms with van der Waals surface area (Å²) in [7, 11) is 0. The van der Waals surface area contributed by atoms with Gasteiger partial charge in [0, 0.05) is 42.5 Å². The fourth-order valence-electron chi connectivity index (χ4n) is 3.43. The molecule has 0 bridgehead atoms. The average Bonchev–Trinajstić information content (AvgIpc) is 3.10. The van der Waals surface area contributed by atoms with Gasteiger partial charge in [-0.1, -0.05) is 25.5 Å². The number of nitrogens with zero attached hydrogens (tertiary/aromatic N) is 2. The number of nitrogen functional groups attached to an aromatic ring is 1. The minimum Gasteiger partial charge on any atom is -0.385 e. The zero-order valence-electron chi connectivity index (χ0n) is 15.6. The molecular formula is C21H29FN4. The normalized spacial score (nSPS) is 14.7. The summed E-state index contributed by atoms with van der Waals surface area (Å²) in [6, 6.07) is 9.40. The van der Waals surface area contributed by atoms with Crippen LogP contribution in [0, 0.1) is 5.82 Å². The van der Waals surface area contributed by atoms with Crippen molar-refractivity contribution in [3.8, 4) is 0 Å². The lowest BCUT2D eigenvalue weighted by molar-refractivity contribution is 0.325. The van der Waals surface area contributed by atoms with Crippen molar-refractivity contribution in [3.63, 3.8) is 0 Å². The van der Waals surface area contributed by atoms with Crippen LogP contribution in [-0.2, 0) is 13.0 Å². The highest BCUT2D eigenvalue weighted by Gasteiger charge is 2.14. The fraction of sp³-hybridized carbons (Fsp3) is 0.476. The predicted octanol–water partition coefficient (Wildman–Crippen LogP) is 4.20. The summed E-state index contributed by atoms with van der Waals surface area (Å²) in [6.07, 6.45) is 5.27. The molecule has 2 heterocycles. The first-order chi connectivity index (χ1) is 12.6. The van der Waals surface area contributed by atoms with Crippen molar-refractivity contribution in [1.82, 2.24) is 9.88 Å². The maximum absolute atomic E-state index is 14.5. The number of likely N-dealkylation sites (tertiary alicyclic amines) is 1. The summed E-state index contributed by atoms with van der Waals surface area (Å²) in [6.45, 7) is 5.92. The number of nitrogens with one attached hydrogen (secondary N) is 1. The van der Waals surface area contributed by atoms with Crippen LogP contribution in [0.3, 0.4) is 0 Å². The number of nitrogens with two attached hydrogens (primary N) is 1. The zero-order valence-corrected chi connectivity index (χ0v) is 15.6. The number of halogens is 1. The molecule has 0 radical (unpaired) electrons. The quantitative estimate of drug-likeness (QED) is 0.696. The van der Waals surface area contributed by atoms with Crippen molar-refractivity contribution >= 4 is 11.5 Å². The van der Waals surface area contributed by atoms with Crippen molar-refractivity contribution in [2.75, 3.05) is 30.7 Å². The number of hydrogen-bond acceptors (Lipinski definition) is 4. The molecule has 26 heavy (non-hydrogen) atoms. The van der Waals surface area contributed by atoms with Crippen molar-refractivity contribution < 1.29 is 4.39 Å². The van der Waals surface area contributed by atoms with Gasteiger partial charge in [0.05, 0.1) is 0 Å². The number of benzene rings is 1. The Morgan fingerprint density at radius 2 is 2.00 bits per heavy atom. The van der Waals surface area contributed by atoms with Crippen LogP contribution >= 0.6 is 0 Å². The monoisotopic (exact) mass is 356 g/mol. The van der Waals surface area contributed by atoms with Gasteiger partial charge in [0.15, 0.2) is 0 Å². The van der Waals surface area contributed by atoms with Crippen LogP contribution in [0.15, 0.2) is 30.3 Å². The SMILES string of the molecule is CCCCNc1cc(N)nc(Cc2ccc(CN3CCCC3)c(F)c2)c1. The van der Waals surface area contributed by atoms with E-state index in [1.165, 1.54) is 12.8 Å². The first-order valence-corrected chi connectivity index (χ1v) is 9.64. The molecular weight excluding hydrogens is 327 g/mol. The van der Waals surface area contributed by atoms with E-state index in [-0.39, 0.29) is 5.82 Å². The van der Waals surface area contributed by atoms with Crippen molar-refractivity contribution in [2.45, 2.75) is 45.6 Å². The first-order valence-electron chi connectivity index (χ1n) is 9.64. The smallest absolute Gasteiger partial charge is 0.127 e. The lowest BCUT2D eigenvalue weighted by Crippen LogP contribution is -2.19. The van der Waals surface area contributed by atoms with E-state index in [4.69, 9.17) is 5.73 Å². The van der Waals surface area contributed by atoms with Gasteiger partial charge in [-0.15, -0.1) is 0 Å². The van der Waals surface area contributed by atoms with E-state index < -0.39 is 0 Å². The summed E-state index contributed by atoms with van der Waals surface area (Å²) in [5.41, 5.74) is 9.47. The first kappa shape index (κ1) is 18.6. The van der Waals surface area contributed by atoms with E-state index in [1.54, 1.807) is 6.07 Å². The summed E-state index contributed by atoms with van der Waals surface area (Å²) in [5.74, 6) is 0.368. The highest BCUT2D eigenvalue weighted by molar-refractivity contribution is 5.52. The van der Waals surface area contributed by atoms with Crippen LogP contribution < -0.4 is 11.1 Å². The number of unbranched alkanes of at least 4 members (excludes halogenated alkanes) is 1. The molecule has 140 valence electrons. The molecule has 1 aromatic heterocycles. The number of anilines is 2. The number of hydrogen-bond donors (Lipinski definition) is 2. The molecule has 1 aromatic carbocycles. The molecule has 0 saturated carbocycles. The lowest BCUT2D eigenvalue weighted by atomic mass is 10.1. The maximum atomic E-state index is 14.5. The highest BCUT2D eigenvalue weighted by Crippen LogP contribution is 2.20. The molecule has 5 heteroatoms. The van der Waals surface area contributed by atoms with Crippen LogP contribution in [0.4, 0.5) is 15.9 Å². The van der Waals surface area contributed by atoms with E-state index in [1.807, 2.05) is 24.3 Å². The van der Waals surface area contributed by atoms with Gasteiger partial charge in [-0.25, -0.2) is 9.37 Å². The minimum atomic E-state index is -0.125. The molecule has 0 spiro atoms. The van der Waals surface area contributed by atoms with E-state index in [9.17, 15) is 4.39 Å². The van der Waals surface area contributed by atoms with Gasteiger partial charge in [0.25, 0.3) is 0 Å². The van der Waals surface area contributed by atoms with Gasteiger partial charge >= 0.3 is 0 Å². The molecule has 1 fully saturated rings. The molecule has 1 saturated heterocycles. The molecule has 0 unspecified atom stereocenters. The van der Waals surface area contributed by atoms with Gasteiger partial charge in [-0.2, -0.15) is 0 Å². The van der Waals surface area contributed by atoms with Crippen molar-refractivity contribution in [1.29, 1.82) is 0 Å². The Labute approximate surface area is 155 Å². The lowest BCUT2D eigenvalue weighted by Gasteiger charge is -2.15. The van der Waals surface area contributed by atoms with Crippen LogP contribution in [-0.4, -0.2) is 29.5 Å². The van der Waals surface area contributed by atoms with Crippen molar-refractivity contribution in [2.24, 2.45) is 0 Å². The van der Waals surface area contributed by atoms with E-state index in [0.717, 1.165) is 55.0 Å². The molecule has 4 nitrogen and oxygen atoms in total. The molecule has 0 atom stereocenters. The number of rotatable bonds is 8. The summed E-state index contributed by atoms with van der Waals surface area (Å²) >= 11 is 0. The maximum Gasteiger partial charge on any atom is 0.127 e. The largest absolute Gasteiger partial charge is 0.385 e.